The van der Waals surface area contributed by atoms with Crippen molar-refractivity contribution in [1.82, 2.24) is 15.1 Å². The van der Waals surface area contributed by atoms with Crippen molar-refractivity contribution in [3.05, 3.63) is 76.2 Å². The third kappa shape index (κ3) is 5.84. The predicted molar refractivity (Wildman–Crippen MR) is 145 cm³/mol. The minimum Gasteiger partial charge on any atom is -0.383 e. The normalized spacial score (nSPS) is 15.9. The minimum absolute atomic E-state index is 0.104. The lowest BCUT2D eigenvalue weighted by Crippen LogP contribution is -2.43. The summed E-state index contributed by atoms with van der Waals surface area (Å²) >= 11 is 8.00. The van der Waals surface area contributed by atoms with E-state index in [0.717, 1.165) is 16.8 Å². The zero-order valence-corrected chi connectivity index (χ0v) is 22.8. The van der Waals surface area contributed by atoms with Gasteiger partial charge in [-0.25, -0.2) is 9.07 Å². The molecular formula is C27H30ClFN4O3S. The van der Waals surface area contributed by atoms with Crippen molar-refractivity contribution in [2.75, 3.05) is 37.5 Å². The number of carbonyl (C=O) groups is 2. The van der Waals surface area contributed by atoms with Crippen LogP contribution in [0.2, 0.25) is 5.02 Å². The van der Waals surface area contributed by atoms with Gasteiger partial charge in [0.1, 0.15) is 18.2 Å². The molecule has 196 valence electrons. The number of amides is 2. The molecule has 0 bridgehead atoms. The number of benzene rings is 2. The van der Waals surface area contributed by atoms with Gasteiger partial charge in [-0.3, -0.25) is 14.5 Å². The molecule has 1 N–H and O–H groups in total. The molecule has 2 aromatic carbocycles. The van der Waals surface area contributed by atoms with E-state index >= 15 is 0 Å². The van der Waals surface area contributed by atoms with Crippen molar-refractivity contribution in [2.45, 2.75) is 31.4 Å². The van der Waals surface area contributed by atoms with E-state index in [1.165, 1.54) is 28.8 Å². The highest BCUT2D eigenvalue weighted by Gasteiger charge is 2.40. The van der Waals surface area contributed by atoms with Gasteiger partial charge >= 0.3 is 0 Å². The van der Waals surface area contributed by atoms with Crippen LogP contribution in [0.4, 0.5) is 10.2 Å². The third-order valence-corrected chi connectivity index (χ3v) is 7.54. The lowest BCUT2D eigenvalue weighted by Gasteiger charge is -2.24. The standard InChI is InChI=1S/C27H30ClFN4O3S/c1-27(2,3)25-23-24(17-8-7-9-18(29)14-17)37-16-22(35)32(15-21(34)30-12-13-36-4)26(23)33(31-25)20-11-6-5-10-19(20)28/h5-11,14,24H,12-13,15-16H2,1-4H3,(H,30,34)/t24-/m0/s1. The monoisotopic (exact) mass is 544 g/mol. The molecule has 4 rings (SSSR count). The Morgan fingerprint density at radius 3 is 2.68 bits per heavy atom. The second kappa shape index (κ2) is 11.2. The number of fused-ring (bicyclic) bond motifs is 1. The van der Waals surface area contributed by atoms with E-state index in [1.54, 1.807) is 23.9 Å². The Kier molecular flexibility index (Phi) is 8.26. The van der Waals surface area contributed by atoms with Crippen molar-refractivity contribution >= 4 is 41.0 Å². The number of thioether (sulfide) groups is 1. The molecule has 1 aliphatic rings. The van der Waals surface area contributed by atoms with Crippen molar-refractivity contribution in [2.24, 2.45) is 0 Å². The quantitative estimate of drug-likeness (QED) is 0.428. The SMILES string of the molecule is COCCNC(=O)CN1C(=O)CS[C@@H](c2cccc(F)c2)c2c(C(C)(C)C)nn(-c3ccccc3Cl)c21. The van der Waals surface area contributed by atoms with Crippen molar-refractivity contribution in [3.63, 3.8) is 0 Å². The number of ether oxygens (including phenoxy) is 1. The molecule has 1 aliphatic heterocycles. The molecule has 1 aromatic heterocycles. The van der Waals surface area contributed by atoms with Crippen molar-refractivity contribution in [1.29, 1.82) is 0 Å². The van der Waals surface area contributed by atoms with Crippen LogP contribution >= 0.6 is 23.4 Å². The van der Waals surface area contributed by atoms with Gasteiger partial charge in [0.15, 0.2) is 0 Å². The number of halogens is 2. The summed E-state index contributed by atoms with van der Waals surface area (Å²) in [4.78, 5) is 27.9. The summed E-state index contributed by atoms with van der Waals surface area (Å²) in [6, 6.07) is 13.6. The van der Waals surface area contributed by atoms with Crippen LogP contribution < -0.4 is 10.2 Å². The third-order valence-electron chi connectivity index (χ3n) is 5.96. The molecule has 0 spiro atoms. The van der Waals surface area contributed by atoms with Gasteiger partial charge in [-0.1, -0.05) is 56.6 Å². The molecule has 2 amide bonds. The summed E-state index contributed by atoms with van der Waals surface area (Å²) in [5, 5.41) is 7.83. The van der Waals surface area contributed by atoms with Crippen LogP contribution in [-0.4, -0.2) is 54.2 Å². The number of hydrogen-bond acceptors (Lipinski definition) is 5. The number of para-hydroxylation sites is 1. The molecule has 0 saturated carbocycles. The number of hydrogen-bond donors (Lipinski definition) is 1. The first-order valence-corrected chi connectivity index (χ1v) is 13.4. The maximum atomic E-state index is 14.3. The first-order chi connectivity index (χ1) is 17.6. The van der Waals surface area contributed by atoms with Crippen molar-refractivity contribution < 1.29 is 18.7 Å². The topological polar surface area (TPSA) is 76.5 Å². The average Bonchev–Trinajstić information content (AvgIpc) is 3.17. The van der Waals surface area contributed by atoms with E-state index in [2.05, 4.69) is 5.32 Å². The first kappa shape index (κ1) is 27.2. The molecule has 0 radical (unpaired) electrons. The summed E-state index contributed by atoms with van der Waals surface area (Å²) in [5.74, 6) is -0.368. The number of rotatable bonds is 7. The summed E-state index contributed by atoms with van der Waals surface area (Å²) < 4.78 is 21.0. The lowest BCUT2D eigenvalue weighted by atomic mass is 9.87. The Morgan fingerprint density at radius 2 is 2.00 bits per heavy atom. The maximum absolute atomic E-state index is 14.3. The smallest absolute Gasteiger partial charge is 0.240 e. The number of carbonyl (C=O) groups excluding carboxylic acids is 2. The van der Waals surface area contributed by atoms with Crippen LogP contribution in [0.1, 0.15) is 42.8 Å². The van der Waals surface area contributed by atoms with E-state index in [-0.39, 0.29) is 35.2 Å². The number of nitrogens with one attached hydrogen (secondary N) is 1. The fourth-order valence-corrected chi connectivity index (χ4v) is 5.69. The Hall–Kier alpha value is -2.88. The van der Waals surface area contributed by atoms with Gasteiger partial charge in [0, 0.05) is 24.6 Å². The predicted octanol–water partition coefficient (Wildman–Crippen LogP) is 4.89. The molecule has 7 nitrogen and oxygen atoms in total. The summed E-state index contributed by atoms with van der Waals surface area (Å²) in [6.07, 6.45) is 0. The highest BCUT2D eigenvalue weighted by molar-refractivity contribution is 8.00. The highest BCUT2D eigenvalue weighted by Crippen LogP contribution is 2.48. The van der Waals surface area contributed by atoms with E-state index in [4.69, 9.17) is 21.4 Å². The van der Waals surface area contributed by atoms with Gasteiger partial charge in [0.2, 0.25) is 11.8 Å². The highest BCUT2D eigenvalue weighted by atomic mass is 35.5. The van der Waals surface area contributed by atoms with Crippen LogP contribution in [-0.2, 0) is 19.7 Å². The van der Waals surface area contributed by atoms with E-state index in [9.17, 15) is 14.0 Å². The van der Waals surface area contributed by atoms with Gasteiger partial charge in [0.05, 0.1) is 34.0 Å². The number of methoxy groups -OCH3 is 1. The average molecular weight is 545 g/mol. The first-order valence-electron chi connectivity index (χ1n) is 11.9. The number of nitrogens with zero attached hydrogens (tertiary/aromatic N) is 3. The van der Waals surface area contributed by atoms with Crippen molar-refractivity contribution in [3.8, 4) is 5.69 Å². The second-order valence-corrected chi connectivity index (χ2v) is 11.3. The van der Waals surface area contributed by atoms with E-state index < -0.39 is 5.41 Å². The number of anilines is 1. The fourth-order valence-electron chi connectivity index (χ4n) is 4.29. The Labute approximate surface area is 225 Å². The molecule has 3 aromatic rings. The second-order valence-electron chi connectivity index (χ2n) is 9.77. The summed E-state index contributed by atoms with van der Waals surface area (Å²) in [5.41, 5.74) is 2.37. The molecule has 0 aliphatic carbocycles. The van der Waals surface area contributed by atoms with Crippen LogP contribution in [0.3, 0.4) is 0 Å². The summed E-state index contributed by atoms with van der Waals surface area (Å²) in [7, 11) is 1.55. The zero-order valence-electron chi connectivity index (χ0n) is 21.3. The van der Waals surface area contributed by atoms with Crippen LogP contribution in [0.15, 0.2) is 48.5 Å². The van der Waals surface area contributed by atoms with Gasteiger partial charge < -0.3 is 10.1 Å². The molecular weight excluding hydrogens is 515 g/mol. The fraction of sp³-hybridized carbons (Fsp3) is 0.370. The van der Waals surface area contributed by atoms with Gasteiger partial charge in [-0.05, 0) is 29.8 Å². The Balaban J connectivity index is 1.97. The summed E-state index contributed by atoms with van der Waals surface area (Å²) in [6.45, 7) is 6.58. The van der Waals surface area contributed by atoms with Crippen LogP contribution in [0.25, 0.3) is 5.69 Å². The molecule has 0 saturated heterocycles. The largest absolute Gasteiger partial charge is 0.383 e. The molecule has 0 fully saturated rings. The Bertz CT molecular complexity index is 1310. The Morgan fingerprint density at radius 1 is 1.24 bits per heavy atom. The van der Waals surface area contributed by atoms with Crippen LogP contribution in [0.5, 0.6) is 0 Å². The van der Waals surface area contributed by atoms with Crippen LogP contribution in [0, 0.1) is 5.82 Å². The molecule has 10 heteroatoms. The molecule has 0 unspecified atom stereocenters. The van der Waals surface area contributed by atoms with Gasteiger partial charge in [-0.2, -0.15) is 5.10 Å². The molecule has 37 heavy (non-hydrogen) atoms. The van der Waals surface area contributed by atoms with Gasteiger partial charge in [-0.15, -0.1) is 11.8 Å². The molecule has 1 atom stereocenters. The minimum atomic E-state index is -0.428. The number of aromatic nitrogens is 2. The van der Waals surface area contributed by atoms with Gasteiger partial charge in [0.25, 0.3) is 0 Å². The maximum Gasteiger partial charge on any atom is 0.240 e. The zero-order chi connectivity index (χ0) is 26.7. The van der Waals surface area contributed by atoms with E-state index in [1.807, 2.05) is 45.0 Å². The van der Waals surface area contributed by atoms with E-state index in [0.29, 0.717) is 29.7 Å². The molecule has 2 heterocycles. The lowest BCUT2D eigenvalue weighted by molar-refractivity contribution is -0.123.